The molecule has 0 unspecified atom stereocenters. The predicted molar refractivity (Wildman–Crippen MR) is 143 cm³/mol. The van der Waals surface area contributed by atoms with Crippen molar-refractivity contribution in [1.82, 2.24) is 5.32 Å². The van der Waals surface area contributed by atoms with Crippen molar-refractivity contribution in [3.63, 3.8) is 0 Å². The van der Waals surface area contributed by atoms with Crippen molar-refractivity contribution in [3.05, 3.63) is 95.6 Å². The molecule has 4 rings (SSSR count). The van der Waals surface area contributed by atoms with Gasteiger partial charge in [-0.15, -0.1) is 0 Å². The Morgan fingerprint density at radius 1 is 0.919 bits per heavy atom. The standard InChI is InChI=1S/C29H32F2N2O3Si/c1-29(2,3)37(4,5)36-24-16-8-20(9-17-24)27-26(28(35)33(27)23-14-12-22(31)13-15-23)32-25(34)18-19-6-10-21(30)11-7-19/h6-17,26-27H,18H2,1-5H3,(H,32,34)/t26-,27-/m1/s1. The summed E-state index contributed by atoms with van der Waals surface area (Å²) < 4.78 is 33.1. The normalized spacial score (nSPS) is 17.8. The summed E-state index contributed by atoms with van der Waals surface area (Å²) in [6, 6.07) is 17.7. The van der Waals surface area contributed by atoms with E-state index in [1.807, 2.05) is 24.3 Å². The van der Waals surface area contributed by atoms with Crippen LogP contribution in [0.15, 0.2) is 72.8 Å². The van der Waals surface area contributed by atoms with Gasteiger partial charge in [0.1, 0.15) is 23.4 Å². The van der Waals surface area contributed by atoms with E-state index in [0.717, 1.165) is 11.3 Å². The minimum Gasteiger partial charge on any atom is -0.544 e. The van der Waals surface area contributed by atoms with Crippen molar-refractivity contribution >= 4 is 25.8 Å². The lowest BCUT2D eigenvalue weighted by atomic mass is 9.87. The molecule has 2 atom stereocenters. The number of hydrogen-bond acceptors (Lipinski definition) is 3. The van der Waals surface area contributed by atoms with Gasteiger partial charge in [0.05, 0.1) is 12.5 Å². The molecule has 8 heteroatoms. The van der Waals surface area contributed by atoms with Crippen molar-refractivity contribution in [1.29, 1.82) is 0 Å². The van der Waals surface area contributed by atoms with Crippen LogP contribution in [0.5, 0.6) is 5.75 Å². The fourth-order valence-corrected chi connectivity index (χ4v) is 5.09. The number of carbonyl (C=O) groups is 2. The summed E-state index contributed by atoms with van der Waals surface area (Å²) in [5, 5.41) is 2.89. The Kier molecular flexibility index (Phi) is 7.24. The number of anilines is 1. The van der Waals surface area contributed by atoms with Gasteiger partial charge in [-0.3, -0.25) is 9.59 Å². The van der Waals surface area contributed by atoms with Crippen LogP contribution in [0.25, 0.3) is 0 Å². The lowest BCUT2D eigenvalue weighted by Crippen LogP contribution is -2.66. The second-order valence-corrected chi connectivity index (χ2v) is 15.6. The number of benzene rings is 3. The third-order valence-electron chi connectivity index (χ3n) is 7.20. The fraction of sp³-hybridized carbons (Fsp3) is 0.310. The summed E-state index contributed by atoms with van der Waals surface area (Å²) in [6.07, 6.45) is 0.0205. The van der Waals surface area contributed by atoms with Crippen LogP contribution in [0.2, 0.25) is 18.1 Å². The summed E-state index contributed by atoms with van der Waals surface area (Å²) in [5.41, 5.74) is 2.00. The molecule has 0 spiro atoms. The van der Waals surface area contributed by atoms with E-state index in [1.54, 1.807) is 29.2 Å². The molecular weight excluding hydrogens is 490 g/mol. The van der Waals surface area contributed by atoms with Gasteiger partial charge in [0.2, 0.25) is 14.2 Å². The Morgan fingerprint density at radius 2 is 1.46 bits per heavy atom. The fourth-order valence-electron chi connectivity index (χ4n) is 4.05. The molecule has 5 nitrogen and oxygen atoms in total. The van der Waals surface area contributed by atoms with Gasteiger partial charge in [-0.2, -0.15) is 0 Å². The Morgan fingerprint density at radius 3 is 2.00 bits per heavy atom. The van der Waals surface area contributed by atoms with E-state index >= 15 is 0 Å². The van der Waals surface area contributed by atoms with Gasteiger partial charge >= 0.3 is 0 Å². The maximum atomic E-state index is 13.5. The molecule has 37 heavy (non-hydrogen) atoms. The average molecular weight is 523 g/mol. The smallest absolute Gasteiger partial charge is 0.252 e. The molecule has 0 radical (unpaired) electrons. The van der Waals surface area contributed by atoms with Crippen LogP contribution in [-0.4, -0.2) is 26.2 Å². The molecule has 1 aliphatic heterocycles. The first-order chi connectivity index (χ1) is 17.4. The van der Waals surface area contributed by atoms with E-state index in [2.05, 4.69) is 39.2 Å². The van der Waals surface area contributed by atoms with Crippen molar-refractivity contribution in [2.24, 2.45) is 0 Å². The predicted octanol–water partition coefficient (Wildman–Crippen LogP) is 6.16. The van der Waals surface area contributed by atoms with Gasteiger partial charge in [-0.25, -0.2) is 8.78 Å². The Bertz CT molecular complexity index is 1270. The second-order valence-electron chi connectivity index (χ2n) is 10.9. The zero-order valence-corrected chi connectivity index (χ0v) is 22.7. The molecule has 3 aromatic rings. The first-order valence-electron chi connectivity index (χ1n) is 12.3. The second kappa shape index (κ2) is 10.1. The lowest BCUT2D eigenvalue weighted by Gasteiger charge is -2.47. The van der Waals surface area contributed by atoms with Gasteiger partial charge in [0.15, 0.2) is 0 Å². The molecule has 1 heterocycles. The van der Waals surface area contributed by atoms with Crippen molar-refractivity contribution in [2.75, 3.05) is 4.90 Å². The Balaban J connectivity index is 1.57. The van der Waals surface area contributed by atoms with Crippen LogP contribution >= 0.6 is 0 Å². The molecule has 1 N–H and O–H groups in total. The van der Waals surface area contributed by atoms with E-state index in [4.69, 9.17) is 4.43 Å². The van der Waals surface area contributed by atoms with E-state index in [-0.39, 0.29) is 29.1 Å². The first-order valence-corrected chi connectivity index (χ1v) is 15.2. The highest BCUT2D eigenvalue weighted by atomic mass is 28.4. The average Bonchev–Trinajstić information content (AvgIpc) is 2.83. The van der Waals surface area contributed by atoms with Gasteiger partial charge in [-0.1, -0.05) is 45.0 Å². The zero-order chi connectivity index (χ0) is 27.0. The summed E-state index contributed by atoms with van der Waals surface area (Å²) >= 11 is 0. The molecule has 1 fully saturated rings. The number of hydrogen-bond donors (Lipinski definition) is 1. The SMILES string of the molecule is CC(C)(C)[Si](C)(C)Oc1ccc([C@@H]2[C@@H](NC(=O)Cc3ccc(F)cc3)C(=O)N2c2ccc(F)cc2)cc1. The van der Waals surface area contributed by atoms with Crippen molar-refractivity contribution in [2.45, 2.75) is 57.4 Å². The minimum atomic E-state index is -2.02. The number of nitrogens with zero attached hydrogens (tertiary/aromatic N) is 1. The number of β-lactam (4-membered cyclic amide) rings is 1. The van der Waals surface area contributed by atoms with E-state index < -0.39 is 26.2 Å². The molecule has 1 saturated heterocycles. The largest absolute Gasteiger partial charge is 0.544 e. The van der Waals surface area contributed by atoms with Gasteiger partial charge in [-0.05, 0) is 77.8 Å². The highest BCUT2D eigenvalue weighted by Crippen LogP contribution is 2.41. The van der Waals surface area contributed by atoms with Gasteiger partial charge < -0.3 is 14.6 Å². The molecule has 1 aliphatic rings. The van der Waals surface area contributed by atoms with Crippen LogP contribution in [0.4, 0.5) is 14.5 Å². The Labute approximate surface area is 217 Å². The molecule has 0 aliphatic carbocycles. The van der Waals surface area contributed by atoms with Crippen molar-refractivity contribution in [3.8, 4) is 5.75 Å². The topological polar surface area (TPSA) is 58.6 Å². The van der Waals surface area contributed by atoms with Crippen LogP contribution in [-0.2, 0) is 16.0 Å². The maximum Gasteiger partial charge on any atom is 0.252 e. The van der Waals surface area contributed by atoms with Gasteiger partial charge in [0.25, 0.3) is 5.91 Å². The first kappa shape index (κ1) is 26.5. The molecule has 0 bridgehead atoms. The number of rotatable bonds is 7. The third-order valence-corrected chi connectivity index (χ3v) is 11.6. The molecule has 3 aromatic carbocycles. The number of amides is 2. The molecule has 2 amide bonds. The third kappa shape index (κ3) is 5.74. The highest BCUT2D eigenvalue weighted by Gasteiger charge is 2.49. The summed E-state index contributed by atoms with van der Waals surface area (Å²) in [7, 11) is -2.02. The van der Waals surface area contributed by atoms with Crippen molar-refractivity contribution < 1.29 is 22.8 Å². The molecule has 194 valence electrons. The maximum absolute atomic E-state index is 13.5. The molecule has 0 saturated carbocycles. The van der Waals surface area contributed by atoms with Crippen LogP contribution < -0.4 is 14.6 Å². The van der Waals surface area contributed by atoms with Crippen LogP contribution in [0.3, 0.4) is 0 Å². The van der Waals surface area contributed by atoms with Gasteiger partial charge in [0, 0.05) is 5.69 Å². The summed E-state index contributed by atoms with van der Waals surface area (Å²) in [4.78, 5) is 27.5. The Hall–Kier alpha value is -3.52. The minimum absolute atomic E-state index is 0.0205. The van der Waals surface area contributed by atoms with E-state index in [0.29, 0.717) is 11.3 Å². The molecule has 0 aromatic heterocycles. The summed E-state index contributed by atoms with van der Waals surface area (Å²) in [6.45, 7) is 10.9. The number of nitrogens with one attached hydrogen (secondary N) is 1. The van der Waals surface area contributed by atoms with Crippen LogP contribution in [0.1, 0.15) is 37.9 Å². The lowest BCUT2D eigenvalue weighted by molar-refractivity contribution is -0.132. The quantitative estimate of drug-likeness (QED) is 0.299. The molecular formula is C29H32F2N2O3Si. The van der Waals surface area contributed by atoms with E-state index in [9.17, 15) is 18.4 Å². The monoisotopic (exact) mass is 522 g/mol. The van der Waals surface area contributed by atoms with Crippen LogP contribution in [0, 0.1) is 11.6 Å². The summed E-state index contributed by atoms with van der Waals surface area (Å²) in [5.74, 6) is -0.651. The van der Waals surface area contributed by atoms with E-state index in [1.165, 1.54) is 24.3 Å². The number of halogens is 2. The highest BCUT2D eigenvalue weighted by molar-refractivity contribution is 6.74. The number of carbonyl (C=O) groups excluding carboxylic acids is 2. The zero-order valence-electron chi connectivity index (χ0n) is 21.7.